The highest BCUT2D eigenvalue weighted by atomic mass is 32.2. The highest BCUT2D eigenvalue weighted by Crippen LogP contribution is 2.40. The molecule has 3 aromatic rings. The fourth-order valence-corrected chi connectivity index (χ4v) is 4.53. The number of aryl methyl sites for hydroxylation is 2. The van der Waals surface area contributed by atoms with Crippen LogP contribution in [0.4, 0.5) is 14.5 Å². The number of carboxylic acid groups (broad SMARTS) is 1. The first-order valence-electron chi connectivity index (χ1n) is 10.2. The molecule has 5 nitrogen and oxygen atoms in total. The van der Waals surface area contributed by atoms with Crippen LogP contribution in [0.25, 0.3) is 0 Å². The van der Waals surface area contributed by atoms with Gasteiger partial charge in [0.2, 0.25) is 0 Å². The minimum Gasteiger partial charge on any atom is -0.487 e. The zero-order valence-electron chi connectivity index (χ0n) is 17.2. The Kier molecular flexibility index (Phi) is 6.90. The van der Waals surface area contributed by atoms with E-state index in [2.05, 4.69) is 4.98 Å². The minimum absolute atomic E-state index is 0.196. The smallest absolute Gasteiger partial charge is 0.335 e. The molecule has 0 amide bonds. The molecule has 0 saturated carbocycles. The molecule has 1 aliphatic carbocycles. The Morgan fingerprint density at radius 1 is 1.12 bits per heavy atom. The van der Waals surface area contributed by atoms with E-state index in [1.165, 1.54) is 22.0 Å². The lowest BCUT2D eigenvalue weighted by Gasteiger charge is -2.26. The summed E-state index contributed by atoms with van der Waals surface area (Å²) in [7, 11) is 0. The van der Waals surface area contributed by atoms with Crippen molar-refractivity contribution in [3.63, 3.8) is 0 Å². The molecule has 2 aromatic carbocycles. The third-order valence-corrected chi connectivity index (χ3v) is 6.18. The van der Waals surface area contributed by atoms with Crippen LogP contribution in [0.2, 0.25) is 0 Å². The highest BCUT2D eigenvalue weighted by molar-refractivity contribution is 8.00. The molecule has 0 radical (unpaired) electrons. The number of carbonyl (C=O) groups is 1. The van der Waals surface area contributed by atoms with Crippen LogP contribution < -0.4 is 9.04 Å². The molecule has 166 valence electrons. The Hall–Kier alpha value is -3.13. The molecule has 1 aliphatic rings. The topological polar surface area (TPSA) is 62.7 Å². The van der Waals surface area contributed by atoms with Crippen LogP contribution in [-0.4, -0.2) is 29.0 Å². The highest BCUT2D eigenvalue weighted by Gasteiger charge is 2.23. The van der Waals surface area contributed by atoms with Gasteiger partial charge in [-0.1, -0.05) is 18.2 Å². The van der Waals surface area contributed by atoms with Gasteiger partial charge in [0.15, 0.2) is 0 Å². The molecule has 8 heteroatoms. The Balaban J connectivity index is 1.62. The van der Waals surface area contributed by atoms with E-state index < -0.39 is 18.9 Å². The first-order chi connectivity index (χ1) is 15.5. The van der Waals surface area contributed by atoms with Crippen molar-refractivity contribution >= 4 is 23.6 Å². The number of nitrogens with zero attached hydrogens (tertiary/aromatic N) is 2. The number of aromatic nitrogens is 1. The zero-order valence-corrected chi connectivity index (χ0v) is 18.0. The van der Waals surface area contributed by atoms with E-state index >= 15 is 0 Å². The molecule has 0 bridgehead atoms. The van der Waals surface area contributed by atoms with Crippen LogP contribution in [0.5, 0.6) is 5.75 Å². The zero-order chi connectivity index (χ0) is 22.5. The number of hydrogen-bond donors (Lipinski definition) is 1. The van der Waals surface area contributed by atoms with Gasteiger partial charge in [-0.3, -0.25) is 0 Å². The number of alkyl halides is 2. The summed E-state index contributed by atoms with van der Waals surface area (Å²) in [5.41, 5.74) is 3.90. The lowest BCUT2D eigenvalue weighted by atomic mass is 10.1. The number of rotatable bonds is 9. The van der Waals surface area contributed by atoms with Crippen molar-refractivity contribution in [3.05, 3.63) is 83.0 Å². The summed E-state index contributed by atoms with van der Waals surface area (Å²) in [6, 6.07) is 15.7. The third-order valence-electron chi connectivity index (χ3n) is 5.18. The summed E-state index contributed by atoms with van der Waals surface area (Å²) in [4.78, 5) is 15.3. The van der Waals surface area contributed by atoms with Gasteiger partial charge in [0.25, 0.3) is 6.43 Å². The maximum atomic E-state index is 13.5. The number of ether oxygens (including phenoxy) is 1. The van der Waals surface area contributed by atoms with Crippen molar-refractivity contribution in [1.82, 2.24) is 4.98 Å². The normalized spacial score (nSPS) is 12.6. The number of carboxylic acids is 1. The standard InChI is InChI=1S/C24H22F2N2O3S/c25-22(26)14-28(32-23-6-1-2-11-27-23)20-12-18-4-3-5-19(18)13-21(20)31-15-16-7-9-17(10-8-16)24(29)30/h1-2,6-13,22H,3-5,14-15H2,(H,29,30). The summed E-state index contributed by atoms with van der Waals surface area (Å²) < 4.78 is 34.6. The maximum Gasteiger partial charge on any atom is 0.335 e. The SMILES string of the molecule is O=C(O)c1ccc(COc2cc3c(cc2N(CC(F)F)Sc2ccccn2)CCC3)cc1. The average Bonchev–Trinajstić information content (AvgIpc) is 3.25. The molecule has 1 heterocycles. The monoisotopic (exact) mass is 456 g/mol. The number of anilines is 1. The van der Waals surface area contributed by atoms with Crippen LogP contribution >= 0.6 is 11.9 Å². The van der Waals surface area contributed by atoms with E-state index in [9.17, 15) is 13.6 Å². The number of hydrogen-bond acceptors (Lipinski definition) is 5. The summed E-state index contributed by atoms with van der Waals surface area (Å²) in [6.07, 6.45) is 1.97. The third kappa shape index (κ3) is 5.37. The first-order valence-corrected chi connectivity index (χ1v) is 11.0. The van der Waals surface area contributed by atoms with Gasteiger partial charge in [0.05, 0.1) is 17.8 Å². The van der Waals surface area contributed by atoms with Crippen LogP contribution in [0.15, 0.2) is 65.8 Å². The number of pyridine rings is 1. The Morgan fingerprint density at radius 3 is 2.53 bits per heavy atom. The lowest BCUT2D eigenvalue weighted by Crippen LogP contribution is -2.23. The molecule has 0 aliphatic heterocycles. The van der Waals surface area contributed by atoms with Gasteiger partial charge in [0.1, 0.15) is 17.4 Å². The minimum atomic E-state index is -2.53. The van der Waals surface area contributed by atoms with E-state index in [0.717, 1.165) is 42.3 Å². The predicted octanol–water partition coefficient (Wildman–Crippen LogP) is 5.63. The van der Waals surface area contributed by atoms with E-state index in [1.54, 1.807) is 30.5 Å². The van der Waals surface area contributed by atoms with Crippen LogP contribution in [0.3, 0.4) is 0 Å². The molecule has 4 rings (SSSR count). The van der Waals surface area contributed by atoms with Gasteiger partial charge in [-0.2, -0.15) is 0 Å². The van der Waals surface area contributed by atoms with Crippen LogP contribution in [0.1, 0.15) is 33.5 Å². The first kappa shape index (κ1) is 22.1. The van der Waals surface area contributed by atoms with Gasteiger partial charge in [-0.05, 0) is 72.4 Å². The summed E-state index contributed by atoms with van der Waals surface area (Å²) in [5, 5.41) is 9.67. The van der Waals surface area contributed by atoms with Gasteiger partial charge in [-0.25, -0.2) is 18.6 Å². The predicted molar refractivity (Wildman–Crippen MR) is 120 cm³/mol. The molecule has 0 fully saturated rings. The molecule has 0 unspecified atom stereocenters. The van der Waals surface area contributed by atoms with Crippen LogP contribution in [-0.2, 0) is 19.4 Å². The van der Waals surface area contributed by atoms with Crippen molar-refractivity contribution in [2.24, 2.45) is 0 Å². The molecule has 32 heavy (non-hydrogen) atoms. The summed E-state index contributed by atoms with van der Waals surface area (Å²) >= 11 is 1.15. The molecule has 0 spiro atoms. The fourth-order valence-electron chi connectivity index (χ4n) is 3.63. The molecule has 0 saturated heterocycles. The van der Waals surface area contributed by atoms with E-state index in [1.807, 2.05) is 18.2 Å². The van der Waals surface area contributed by atoms with Gasteiger partial charge >= 0.3 is 5.97 Å². The number of halogens is 2. The van der Waals surface area contributed by atoms with Crippen molar-refractivity contribution < 1.29 is 23.4 Å². The molecular formula is C24H22F2N2O3S. The van der Waals surface area contributed by atoms with Crippen molar-refractivity contribution in [2.45, 2.75) is 37.3 Å². The van der Waals surface area contributed by atoms with Gasteiger partial charge in [-0.15, -0.1) is 0 Å². The van der Waals surface area contributed by atoms with Crippen molar-refractivity contribution in [2.75, 3.05) is 10.8 Å². The Bertz CT molecular complexity index is 1080. The van der Waals surface area contributed by atoms with Gasteiger partial charge in [0, 0.05) is 18.1 Å². The van der Waals surface area contributed by atoms with Crippen LogP contribution in [0, 0.1) is 0 Å². The largest absolute Gasteiger partial charge is 0.487 e. The Morgan fingerprint density at radius 2 is 1.88 bits per heavy atom. The molecular weight excluding hydrogens is 434 g/mol. The van der Waals surface area contributed by atoms with Crippen molar-refractivity contribution in [3.8, 4) is 5.75 Å². The summed E-state index contributed by atoms with van der Waals surface area (Å²) in [5.74, 6) is -0.468. The number of benzene rings is 2. The molecule has 0 atom stereocenters. The van der Waals surface area contributed by atoms with E-state index in [-0.39, 0.29) is 12.2 Å². The summed E-state index contributed by atoms with van der Waals surface area (Å²) in [6.45, 7) is -0.272. The second kappa shape index (κ2) is 9.99. The van der Waals surface area contributed by atoms with Gasteiger partial charge < -0.3 is 14.1 Å². The molecule has 1 N–H and O–H groups in total. The van der Waals surface area contributed by atoms with Crippen molar-refractivity contribution in [1.29, 1.82) is 0 Å². The average molecular weight is 457 g/mol. The Labute approximate surface area is 189 Å². The maximum absolute atomic E-state index is 13.5. The van der Waals surface area contributed by atoms with E-state index in [4.69, 9.17) is 9.84 Å². The second-order valence-corrected chi connectivity index (χ2v) is 8.49. The quantitative estimate of drug-likeness (QED) is 0.421. The second-order valence-electron chi connectivity index (χ2n) is 7.44. The fraction of sp³-hybridized carbons (Fsp3) is 0.250. The molecule has 1 aromatic heterocycles. The van der Waals surface area contributed by atoms with E-state index in [0.29, 0.717) is 16.5 Å². The number of fused-ring (bicyclic) bond motifs is 1. The number of aromatic carboxylic acids is 1. The lowest BCUT2D eigenvalue weighted by molar-refractivity contribution is 0.0696.